The van der Waals surface area contributed by atoms with Crippen LogP contribution in [0.25, 0.3) is 0 Å². The number of benzene rings is 1. The van der Waals surface area contributed by atoms with E-state index in [4.69, 9.17) is 40.2 Å². The first-order chi connectivity index (χ1) is 16.0. The predicted molar refractivity (Wildman–Crippen MR) is 139 cm³/mol. The molecule has 0 radical (unpaired) electrons. The maximum Gasteiger partial charge on any atom is 0.341 e. The topological polar surface area (TPSA) is 68.2 Å². The van der Waals surface area contributed by atoms with Crippen molar-refractivity contribution in [1.29, 1.82) is 0 Å². The highest BCUT2D eigenvalue weighted by molar-refractivity contribution is 7.80. The molecule has 6 nitrogen and oxygen atoms in total. The molecule has 0 saturated carbocycles. The number of hydrogen-bond donors (Lipinski definition) is 2. The van der Waals surface area contributed by atoms with Gasteiger partial charge in [0.15, 0.2) is 5.11 Å². The molecule has 0 unspecified atom stereocenters. The average molecular weight is 524 g/mol. The quantitative estimate of drug-likeness (QED) is 0.217. The number of thiocarbonyl (C=S) groups is 1. The van der Waals surface area contributed by atoms with Crippen LogP contribution >= 0.6 is 46.8 Å². The Morgan fingerprint density at radius 1 is 1.21 bits per heavy atom. The van der Waals surface area contributed by atoms with Crippen molar-refractivity contribution in [3.05, 3.63) is 62.2 Å². The summed E-state index contributed by atoms with van der Waals surface area (Å²) in [6.07, 6.45) is 8.75. The molecule has 2 N–H and O–H groups in total. The molecule has 0 aliphatic heterocycles. The molecular formula is C23H24Cl2N4O2S2. The third kappa shape index (κ3) is 5.69. The van der Waals surface area contributed by atoms with E-state index in [1.807, 2.05) is 19.2 Å². The van der Waals surface area contributed by atoms with Crippen molar-refractivity contribution in [2.24, 2.45) is 0 Å². The smallest absolute Gasteiger partial charge is 0.341 e. The highest BCUT2D eigenvalue weighted by atomic mass is 35.5. The lowest BCUT2D eigenvalue weighted by Gasteiger charge is -2.11. The van der Waals surface area contributed by atoms with Crippen molar-refractivity contribution < 1.29 is 9.53 Å². The maximum atomic E-state index is 12.7. The number of halogens is 2. The molecular weight excluding hydrogens is 499 g/mol. The number of nitrogens with zero attached hydrogens (tertiary/aromatic N) is 2. The SMILES string of the molecule is CCOC(=O)c1c(NC(=S)Nc2cnn(Cc3c(Cl)cccc3Cl)c2)sc2c1CCCCC2. The van der Waals surface area contributed by atoms with E-state index in [9.17, 15) is 4.79 Å². The molecule has 0 amide bonds. The van der Waals surface area contributed by atoms with Gasteiger partial charge in [0.2, 0.25) is 0 Å². The van der Waals surface area contributed by atoms with Crippen molar-refractivity contribution in [3.63, 3.8) is 0 Å². The lowest BCUT2D eigenvalue weighted by atomic mass is 10.1. The number of carbonyl (C=O) groups excluding carboxylic acids is 1. The molecule has 1 aliphatic rings. The van der Waals surface area contributed by atoms with E-state index in [1.54, 1.807) is 34.3 Å². The minimum atomic E-state index is -0.299. The van der Waals surface area contributed by atoms with Gasteiger partial charge in [0.05, 0.1) is 30.6 Å². The first-order valence-corrected chi connectivity index (χ1v) is 12.8. The number of rotatable bonds is 6. The molecule has 0 atom stereocenters. The highest BCUT2D eigenvalue weighted by Crippen LogP contribution is 2.38. The van der Waals surface area contributed by atoms with Crippen molar-refractivity contribution in [1.82, 2.24) is 9.78 Å². The van der Waals surface area contributed by atoms with Crippen LogP contribution in [0, 0.1) is 0 Å². The van der Waals surface area contributed by atoms with E-state index in [0.717, 1.165) is 41.8 Å². The van der Waals surface area contributed by atoms with Crippen LogP contribution in [-0.2, 0) is 24.1 Å². The Balaban J connectivity index is 1.48. The number of aryl methyl sites for hydroxylation is 1. The lowest BCUT2D eigenvalue weighted by molar-refractivity contribution is 0.0527. The van der Waals surface area contributed by atoms with Crippen LogP contribution in [0.15, 0.2) is 30.6 Å². The van der Waals surface area contributed by atoms with Crippen LogP contribution in [0.1, 0.15) is 52.5 Å². The number of thiophene rings is 1. The Hall–Kier alpha value is -2.13. The Morgan fingerprint density at radius 2 is 1.97 bits per heavy atom. The van der Waals surface area contributed by atoms with E-state index < -0.39 is 0 Å². The van der Waals surface area contributed by atoms with Gasteiger partial charge in [0, 0.05) is 26.7 Å². The second kappa shape index (κ2) is 10.9. The van der Waals surface area contributed by atoms with Gasteiger partial charge in [0.1, 0.15) is 5.00 Å². The van der Waals surface area contributed by atoms with E-state index in [2.05, 4.69) is 15.7 Å². The summed E-state index contributed by atoms with van der Waals surface area (Å²) in [4.78, 5) is 14.0. The van der Waals surface area contributed by atoms with Crippen molar-refractivity contribution in [2.75, 3.05) is 17.2 Å². The lowest BCUT2D eigenvalue weighted by Crippen LogP contribution is -2.20. The van der Waals surface area contributed by atoms with E-state index >= 15 is 0 Å². The van der Waals surface area contributed by atoms with Gasteiger partial charge in [-0.1, -0.05) is 35.7 Å². The van der Waals surface area contributed by atoms with Crippen LogP contribution in [0.3, 0.4) is 0 Å². The number of aromatic nitrogens is 2. The number of nitrogens with one attached hydrogen (secondary N) is 2. The van der Waals surface area contributed by atoms with E-state index in [0.29, 0.717) is 39.6 Å². The molecule has 0 bridgehead atoms. The molecule has 1 aromatic carbocycles. The molecule has 2 aromatic heterocycles. The van der Waals surface area contributed by atoms with Crippen LogP contribution in [0.4, 0.5) is 10.7 Å². The fourth-order valence-electron chi connectivity index (χ4n) is 3.88. The summed E-state index contributed by atoms with van der Waals surface area (Å²) >= 11 is 19.7. The van der Waals surface area contributed by atoms with Crippen LogP contribution in [-0.4, -0.2) is 27.5 Å². The standard InChI is InChI=1S/C23H24Cl2N4O2S2/c1-2-31-22(30)20-15-7-4-3-5-10-19(15)33-21(20)28-23(32)27-14-11-26-29(12-14)13-16-17(24)8-6-9-18(16)25/h6,8-9,11-12H,2-5,7,10,13H2,1H3,(H2,27,28,32). The molecule has 0 saturated heterocycles. The molecule has 0 fully saturated rings. The van der Waals surface area contributed by atoms with Gasteiger partial charge in [-0.25, -0.2) is 4.79 Å². The Labute approximate surface area is 212 Å². The van der Waals surface area contributed by atoms with E-state index in [1.165, 1.54) is 11.3 Å². The molecule has 4 rings (SSSR count). The summed E-state index contributed by atoms with van der Waals surface area (Å²) < 4.78 is 7.07. The molecule has 0 spiro atoms. The van der Waals surface area contributed by atoms with Gasteiger partial charge < -0.3 is 15.4 Å². The third-order valence-corrected chi connectivity index (χ3v) is 7.52. The highest BCUT2D eigenvalue weighted by Gasteiger charge is 2.26. The van der Waals surface area contributed by atoms with Gasteiger partial charge >= 0.3 is 5.97 Å². The maximum absolute atomic E-state index is 12.7. The number of fused-ring (bicyclic) bond motifs is 1. The van der Waals surface area contributed by atoms with Gasteiger partial charge in [-0.15, -0.1) is 11.3 Å². The van der Waals surface area contributed by atoms with Crippen molar-refractivity contribution in [3.8, 4) is 0 Å². The summed E-state index contributed by atoms with van der Waals surface area (Å²) in [5, 5.41) is 13.0. The predicted octanol–water partition coefficient (Wildman–Crippen LogP) is 6.55. The zero-order valence-corrected chi connectivity index (χ0v) is 21.3. The van der Waals surface area contributed by atoms with Gasteiger partial charge in [-0.05, 0) is 62.5 Å². The summed E-state index contributed by atoms with van der Waals surface area (Å²) in [7, 11) is 0. The molecule has 1 aliphatic carbocycles. The summed E-state index contributed by atoms with van der Waals surface area (Å²) in [6.45, 7) is 2.58. The zero-order valence-electron chi connectivity index (χ0n) is 18.1. The summed E-state index contributed by atoms with van der Waals surface area (Å²) in [5.41, 5.74) is 3.24. The fourth-order valence-corrected chi connectivity index (χ4v) is 5.96. The van der Waals surface area contributed by atoms with Crippen LogP contribution in [0.5, 0.6) is 0 Å². The van der Waals surface area contributed by atoms with Crippen molar-refractivity contribution in [2.45, 2.75) is 45.6 Å². The third-order valence-electron chi connectivity index (χ3n) is 5.40. The van der Waals surface area contributed by atoms with Gasteiger partial charge in [-0.3, -0.25) is 4.68 Å². The van der Waals surface area contributed by atoms with Gasteiger partial charge in [-0.2, -0.15) is 5.10 Å². The Kier molecular flexibility index (Phi) is 7.90. The molecule has 33 heavy (non-hydrogen) atoms. The summed E-state index contributed by atoms with van der Waals surface area (Å²) in [5.74, 6) is -0.299. The first kappa shape index (κ1) is 24.0. The number of hydrogen-bond acceptors (Lipinski definition) is 5. The van der Waals surface area contributed by atoms with Crippen molar-refractivity contribution >= 4 is 68.5 Å². The Morgan fingerprint density at radius 3 is 2.73 bits per heavy atom. The number of anilines is 2. The largest absolute Gasteiger partial charge is 0.462 e. The number of carbonyl (C=O) groups is 1. The zero-order chi connectivity index (χ0) is 23.4. The molecule has 174 valence electrons. The molecule has 2 heterocycles. The number of esters is 1. The fraction of sp³-hybridized carbons (Fsp3) is 0.348. The Bertz CT molecular complexity index is 1160. The number of ether oxygens (including phenoxy) is 1. The normalized spacial score (nSPS) is 13.2. The van der Waals surface area contributed by atoms with Crippen LogP contribution < -0.4 is 10.6 Å². The first-order valence-electron chi connectivity index (χ1n) is 10.8. The second-order valence-corrected chi connectivity index (χ2v) is 10.0. The minimum absolute atomic E-state index is 0.299. The second-order valence-electron chi connectivity index (χ2n) is 7.69. The molecule has 3 aromatic rings. The average Bonchev–Trinajstić information content (AvgIpc) is 3.27. The molecule has 10 heteroatoms. The monoisotopic (exact) mass is 522 g/mol. The minimum Gasteiger partial charge on any atom is -0.462 e. The summed E-state index contributed by atoms with van der Waals surface area (Å²) in [6, 6.07) is 5.41. The van der Waals surface area contributed by atoms with E-state index in [-0.39, 0.29) is 5.97 Å². The van der Waals surface area contributed by atoms with Crippen LogP contribution in [0.2, 0.25) is 10.0 Å². The van der Waals surface area contributed by atoms with Gasteiger partial charge in [0.25, 0.3) is 0 Å².